The summed E-state index contributed by atoms with van der Waals surface area (Å²) in [6.07, 6.45) is 1.63. The molecule has 0 aromatic carbocycles. The highest BCUT2D eigenvalue weighted by atomic mass is 16.4. The minimum absolute atomic E-state index is 0.126. The lowest BCUT2D eigenvalue weighted by atomic mass is 9.98. The summed E-state index contributed by atoms with van der Waals surface area (Å²) in [5.41, 5.74) is 0. The van der Waals surface area contributed by atoms with Crippen LogP contribution < -0.4 is 0 Å². The van der Waals surface area contributed by atoms with Crippen LogP contribution in [0, 0.1) is 5.92 Å². The second-order valence-corrected chi connectivity index (χ2v) is 3.45. The van der Waals surface area contributed by atoms with Crippen LogP contribution in [-0.4, -0.2) is 34.5 Å². The largest absolute Gasteiger partial charge is 0.480 e. The summed E-state index contributed by atoms with van der Waals surface area (Å²) in [7, 11) is 0. The van der Waals surface area contributed by atoms with Crippen LogP contribution in [0.15, 0.2) is 0 Å². The highest BCUT2D eigenvalue weighted by Gasteiger charge is 2.39. The molecule has 0 aliphatic carbocycles. The van der Waals surface area contributed by atoms with Gasteiger partial charge in [-0.1, -0.05) is 13.3 Å². The average molecular weight is 185 g/mol. The lowest BCUT2D eigenvalue weighted by Gasteiger charge is -2.22. The monoisotopic (exact) mass is 185 g/mol. The number of amides is 1. The molecule has 4 nitrogen and oxygen atoms in total. The molecular formula is C9H15NO3. The molecule has 2 atom stereocenters. The van der Waals surface area contributed by atoms with Gasteiger partial charge < -0.3 is 10.0 Å². The Morgan fingerprint density at radius 2 is 2.15 bits per heavy atom. The van der Waals surface area contributed by atoms with E-state index in [1.807, 2.05) is 6.92 Å². The van der Waals surface area contributed by atoms with Gasteiger partial charge >= 0.3 is 5.97 Å². The number of carboxylic acids is 1. The van der Waals surface area contributed by atoms with Crippen molar-refractivity contribution in [3.05, 3.63) is 0 Å². The number of likely N-dealkylation sites (tertiary alicyclic amines) is 1. The Morgan fingerprint density at radius 3 is 2.54 bits per heavy atom. The van der Waals surface area contributed by atoms with Gasteiger partial charge in [0.05, 0.1) is 0 Å². The van der Waals surface area contributed by atoms with Crippen molar-refractivity contribution in [2.45, 2.75) is 32.7 Å². The van der Waals surface area contributed by atoms with E-state index < -0.39 is 12.0 Å². The maximum absolute atomic E-state index is 11.1. The SMILES string of the molecule is CC[C@H]1CCN(C(C)=O)[C@@H]1C(=O)O. The van der Waals surface area contributed by atoms with Crippen molar-refractivity contribution in [2.75, 3.05) is 6.54 Å². The van der Waals surface area contributed by atoms with Gasteiger partial charge in [-0.15, -0.1) is 0 Å². The second-order valence-electron chi connectivity index (χ2n) is 3.45. The van der Waals surface area contributed by atoms with Crippen molar-refractivity contribution in [1.29, 1.82) is 0 Å². The molecule has 1 heterocycles. The molecule has 74 valence electrons. The fourth-order valence-corrected chi connectivity index (χ4v) is 1.97. The third-order valence-corrected chi connectivity index (χ3v) is 2.70. The molecule has 0 aromatic heterocycles. The number of carboxylic acid groups (broad SMARTS) is 1. The summed E-state index contributed by atoms with van der Waals surface area (Å²) < 4.78 is 0. The lowest BCUT2D eigenvalue weighted by molar-refractivity contribution is -0.148. The number of carbonyl (C=O) groups is 2. The fourth-order valence-electron chi connectivity index (χ4n) is 1.97. The summed E-state index contributed by atoms with van der Waals surface area (Å²) in [6, 6.07) is -0.595. The van der Waals surface area contributed by atoms with Crippen LogP contribution in [-0.2, 0) is 9.59 Å². The topological polar surface area (TPSA) is 57.6 Å². The molecule has 0 unspecified atom stereocenters. The van der Waals surface area contributed by atoms with E-state index in [-0.39, 0.29) is 11.8 Å². The number of carbonyl (C=O) groups excluding carboxylic acids is 1. The molecule has 0 spiro atoms. The van der Waals surface area contributed by atoms with Gasteiger partial charge in [0.15, 0.2) is 0 Å². The van der Waals surface area contributed by atoms with Gasteiger partial charge in [0.2, 0.25) is 5.91 Å². The third kappa shape index (κ3) is 1.82. The molecule has 1 amide bonds. The molecular weight excluding hydrogens is 170 g/mol. The first-order valence-electron chi connectivity index (χ1n) is 4.58. The van der Waals surface area contributed by atoms with Crippen LogP contribution in [0.4, 0.5) is 0 Å². The van der Waals surface area contributed by atoms with Crippen LogP contribution in [0.3, 0.4) is 0 Å². The van der Waals surface area contributed by atoms with Gasteiger partial charge in [0, 0.05) is 13.5 Å². The molecule has 1 saturated heterocycles. The van der Waals surface area contributed by atoms with Crippen molar-refractivity contribution < 1.29 is 14.7 Å². The normalized spacial score (nSPS) is 27.7. The van der Waals surface area contributed by atoms with Gasteiger partial charge in [-0.05, 0) is 12.3 Å². The average Bonchev–Trinajstić information content (AvgIpc) is 2.46. The van der Waals surface area contributed by atoms with E-state index >= 15 is 0 Å². The zero-order valence-electron chi connectivity index (χ0n) is 7.99. The van der Waals surface area contributed by atoms with Crippen LogP contribution >= 0.6 is 0 Å². The second kappa shape index (κ2) is 3.77. The zero-order valence-corrected chi connectivity index (χ0v) is 7.99. The fraction of sp³-hybridized carbons (Fsp3) is 0.778. The van der Waals surface area contributed by atoms with E-state index in [2.05, 4.69) is 0 Å². The molecule has 1 fully saturated rings. The highest BCUT2D eigenvalue weighted by Crippen LogP contribution is 2.27. The Labute approximate surface area is 77.5 Å². The summed E-state index contributed by atoms with van der Waals surface area (Å²) >= 11 is 0. The van der Waals surface area contributed by atoms with E-state index in [0.29, 0.717) is 6.54 Å². The summed E-state index contributed by atoms with van der Waals surface area (Å²) in [4.78, 5) is 23.4. The molecule has 0 radical (unpaired) electrons. The Bertz CT molecular complexity index is 227. The van der Waals surface area contributed by atoms with E-state index in [1.165, 1.54) is 11.8 Å². The van der Waals surface area contributed by atoms with E-state index in [1.54, 1.807) is 0 Å². The molecule has 0 saturated carbocycles. The molecule has 1 N–H and O–H groups in total. The van der Waals surface area contributed by atoms with Gasteiger partial charge in [0.25, 0.3) is 0 Å². The first kappa shape index (κ1) is 10.0. The predicted octanol–water partition coefficient (Wildman–Crippen LogP) is 0.718. The quantitative estimate of drug-likeness (QED) is 0.689. The van der Waals surface area contributed by atoms with Crippen molar-refractivity contribution in [1.82, 2.24) is 4.90 Å². The van der Waals surface area contributed by atoms with Crippen molar-refractivity contribution in [3.8, 4) is 0 Å². The van der Waals surface area contributed by atoms with Crippen LogP contribution in [0.2, 0.25) is 0 Å². The van der Waals surface area contributed by atoms with Crippen LogP contribution in [0.5, 0.6) is 0 Å². The molecule has 1 rings (SSSR count). The van der Waals surface area contributed by atoms with E-state index in [0.717, 1.165) is 12.8 Å². The van der Waals surface area contributed by atoms with Crippen molar-refractivity contribution in [3.63, 3.8) is 0 Å². The van der Waals surface area contributed by atoms with E-state index in [4.69, 9.17) is 5.11 Å². The number of aliphatic carboxylic acids is 1. The summed E-state index contributed by atoms with van der Waals surface area (Å²) in [5, 5.41) is 8.94. The predicted molar refractivity (Wildman–Crippen MR) is 47.2 cm³/mol. The van der Waals surface area contributed by atoms with Crippen LogP contribution in [0.25, 0.3) is 0 Å². The maximum atomic E-state index is 11.1. The lowest BCUT2D eigenvalue weighted by Crippen LogP contribution is -2.42. The summed E-state index contributed by atoms with van der Waals surface area (Å²) in [6.45, 7) is 3.98. The van der Waals surface area contributed by atoms with E-state index in [9.17, 15) is 9.59 Å². The van der Waals surface area contributed by atoms with Gasteiger partial charge in [-0.3, -0.25) is 4.79 Å². The highest BCUT2D eigenvalue weighted by molar-refractivity contribution is 5.83. The molecule has 1 aliphatic heterocycles. The molecule has 0 aromatic rings. The van der Waals surface area contributed by atoms with Gasteiger partial charge in [0.1, 0.15) is 6.04 Å². The minimum Gasteiger partial charge on any atom is -0.480 e. The standard InChI is InChI=1S/C9H15NO3/c1-3-7-4-5-10(6(2)11)8(7)9(12)13/h7-8H,3-5H2,1-2H3,(H,12,13)/t7-,8-/m0/s1. The minimum atomic E-state index is -0.875. The number of hydrogen-bond donors (Lipinski definition) is 1. The maximum Gasteiger partial charge on any atom is 0.326 e. The Balaban J connectivity index is 2.78. The summed E-state index contributed by atoms with van der Waals surface area (Å²) in [5.74, 6) is -0.885. The Hall–Kier alpha value is -1.06. The van der Waals surface area contributed by atoms with Crippen LogP contribution in [0.1, 0.15) is 26.7 Å². The Kier molecular flexibility index (Phi) is 2.90. The smallest absolute Gasteiger partial charge is 0.326 e. The molecule has 4 heteroatoms. The van der Waals surface area contributed by atoms with Gasteiger partial charge in [-0.25, -0.2) is 4.79 Å². The molecule has 13 heavy (non-hydrogen) atoms. The number of nitrogens with zero attached hydrogens (tertiary/aromatic N) is 1. The third-order valence-electron chi connectivity index (χ3n) is 2.70. The van der Waals surface area contributed by atoms with Gasteiger partial charge in [-0.2, -0.15) is 0 Å². The Morgan fingerprint density at radius 1 is 1.54 bits per heavy atom. The number of rotatable bonds is 2. The first-order chi connectivity index (χ1) is 6.07. The zero-order chi connectivity index (χ0) is 10.0. The number of hydrogen-bond acceptors (Lipinski definition) is 2. The van der Waals surface area contributed by atoms with Crippen molar-refractivity contribution in [2.24, 2.45) is 5.92 Å². The molecule has 1 aliphatic rings. The van der Waals surface area contributed by atoms with Crippen molar-refractivity contribution >= 4 is 11.9 Å². The molecule has 0 bridgehead atoms. The first-order valence-corrected chi connectivity index (χ1v) is 4.58.